The van der Waals surface area contributed by atoms with Gasteiger partial charge < -0.3 is 9.47 Å². The molecule has 0 N–H and O–H groups in total. The summed E-state index contributed by atoms with van der Waals surface area (Å²) in [5, 5.41) is 0. The zero-order chi connectivity index (χ0) is 25.0. The summed E-state index contributed by atoms with van der Waals surface area (Å²) in [5.74, 6) is 0.0864. The molecule has 6 nitrogen and oxygen atoms in total. The van der Waals surface area contributed by atoms with Crippen molar-refractivity contribution < 1.29 is 22.7 Å². The molecule has 0 aliphatic rings. The molecule has 0 fully saturated rings. The number of esters is 1. The molecular formula is C27H31NO5S. The fourth-order valence-corrected chi connectivity index (χ4v) is 5.34. The number of carbonyl (C=O) groups is 1. The molecule has 0 bridgehead atoms. The van der Waals surface area contributed by atoms with Crippen molar-refractivity contribution >= 4 is 21.7 Å². The van der Waals surface area contributed by atoms with E-state index in [-0.39, 0.29) is 17.0 Å². The zero-order valence-electron chi connectivity index (χ0n) is 20.5. The Labute approximate surface area is 202 Å². The van der Waals surface area contributed by atoms with Crippen LogP contribution in [0.1, 0.15) is 45.1 Å². The fraction of sp³-hybridized carbons (Fsp3) is 0.296. The van der Waals surface area contributed by atoms with Crippen molar-refractivity contribution in [2.24, 2.45) is 0 Å². The molecule has 0 unspecified atom stereocenters. The highest BCUT2D eigenvalue weighted by Crippen LogP contribution is 2.29. The molecule has 3 aromatic rings. The van der Waals surface area contributed by atoms with Crippen molar-refractivity contribution in [2.75, 3.05) is 18.0 Å². The predicted octanol–water partition coefficient (Wildman–Crippen LogP) is 5.50. The molecule has 0 heterocycles. The third kappa shape index (κ3) is 5.09. The van der Waals surface area contributed by atoms with Crippen LogP contribution in [0.2, 0.25) is 0 Å². The van der Waals surface area contributed by atoms with Crippen LogP contribution in [0.15, 0.2) is 59.5 Å². The summed E-state index contributed by atoms with van der Waals surface area (Å²) in [4.78, 5) is 12.2. The van der Waals surface area contributed by atoms with E-state index in [1.807, 2.05) is 12.1 Å². The average Bonchev–Trinajstić information content (AvgIpc) is 2.82. The van der Waals surface area contributed by atoms with Crippen molar-refractivity contribution in [2.45, 2.75) is 46.1 Å². The van der Waals surface area contributed by atoms with Gasteiger partial charge in [0.2, 0.25) is 0 Å². The van der Waals surface area contributed by atoms with E-state index in [9.17, 15) is 13.2 Å². The standard InChI is InChI=1S/C27H31NO5S/c1-7-28(34(30,31)25-15-19(3)21(5)26(16-25)27(29)32-6)23-11-13-24(14-12-23)33-17-22-10-8-9-18(2)20(22)4/h8-16H,7,17H2,1-6H3. The van der Waals surface area contributed by atoms with Crippen molar-refractivity contribution in [3.8, 4) is 5.75 Å². The van der Waals surface area contributed by atoms with Gasteiger partial charge in [0.25, 0.3) is 10.0 Å². The summed E-state index contributed by atoms with van der Waals surface area (Å²) in [6, 6.07) is 16.1. The Morgan fingerprint density at radius 3 is 2.21 bits per heavy atom. The normalized spacial score (nSPS) is 11.2. The number of benzene rings is 3. The summed E-state index contributed by atoms with van der Waals surface area (Å²) in [5.41, 5.74) is 5.67. The maximum Gasteiger partial charge on any atom is 0.338 e. The van der Waals surface area contributed by atoms with E-state index in [0.717, 1.165) is 5.56 Å². The Hall–Kier alpha value is -3.32. The number of hydrogen-bond acceptors (Lipinski definition) is 5. The second-order valence-corrected chi connectivity index (χ2v) is 10.1. The van der Waals surface area contributed by atoms with Crippen LogP contribution in [0.5, 0.6) is 5.75 Å². The molecule has 34 heavy (non-hydrogen) atoms. The van der Waals surface area contributed by atoms with E-state index in [2.05, 4.69) is 19.9 Å². The monoisotopic (exact) mass is 481 g/mol. The molecule has 0 radical (unpaired) electrons. The molecule has 0 amide bonds. The molecule has 0 aliphatic heterocycles. The van der Waals surface area contributed by atoms with Gasteiger partial charge in [-0.1, -0.05) is 18.2 Å². The first-order valence-corrected chi connectivity index (χ1v) is 12.5. The summed E-state index contributed by atoms with van der Waals surface area (Å²) in [6.07, 6.45) is 0. The molecule has 0 saturated heterocycles. The Morgan fingerprint density at radius 1 is 0.912 bits per heavy atom. The van der Waals surface area contributed by atoms with Crippen LogP contribution in [0.4, 0.5) is 5.69 Å². The van der Waals surface area contributed by atoms with Crippen molar-refractivity contribution in [3.63, 3.8) is 0 Å². The van der Waals surface area contributed by atoms with Crippen molar-refractivity contribution in [1.82, 2.24) is 0 Å². The lowest BCUT2D eigenvalue weighted by Crippen LogP contribution is -2.31. The second kappa shape index (κ2) is 10.3. The molecule has 0 aliphatic carbocycles. The Bertz CT molecular complexity index is 1300. The summed E-state index contributed by atoms with van der Waals surface area (Å²) >= 11 is 0. The molecule has 3 rings (SSSR count). The van der Waals surface area contributed by atoms with Crippen LogP contribution < -0.4 is 9.04 Å². The SMILES string of the molecule is CCN(c1ccc(OCc2cccc(C)c2C)cc1)S(=O)(=O)c1cc(C)c(C)c(C(=O)OC)c1. The highest BCUT2D eigenvalue weighted by molar-refractivity contribution is 7.92. The van der Waals surface area contributed by atoms with Crippen LogP contribution in [0.25, 0.3) is 0 Å². The first kappa shape index (κ1) is 25.3. The lowest BCUT2D eigenvalue weighted by molar-refractivity contribution is 0.0599. The summed E-state index contributed by atoms with van der Waals surface area (Å²) in [6.45, 7) is 10.1. The lowest BCUT2D eigenvalue weighted by Gasteiger charge is -2.24. The third-order valence-corrected chi connectivity index (χ3v) is 8.04. The maximum absolute atomic E-state index is 13.5. The van der Waals surface area contributed by atoms with Gasteiger partial charge in [0.1, 0.15) is 12.4 Å². The van der Waals surface area contributed by atoms with Gasteiger partial charge in [0.05, 0.1) is 23.3 Å². The third-order valence-electron chi connectivity index (χ3n) is 6.16. The van der Waals surface area contributed by atoms with Crippen LogP contribution >= 0.6 is 0 Å². The number of aryl methyl sites for hydroxylation is 2. The zero-order valence-corrected chi connectivity index (χ0v) is 21.3. The lowest BCUT2D eigenvalue weighted by atomic mass is 10.0. The summed E-state index contributed by atoms with van der Waals surface area (Å²) < 4.78 is 39.1. The van der Waals surface area contributed by atoms with E-state index < -0.39 is 16.0 Å². The largest absolute Gasteiger partial charge is 0.489 e. The van der Waals surface area contributed by atoms with Crippen molar-refractivity contribution in [1.29, 1.82) is 0 Å². The quantitative estimate of drug-likeness (QED) is 0.397. The van der Waals surface area contributed by atoms with Crippen LogP contribution in [0, 0.1) is 27.7 Å². The summed E-state index contributed by atoms with van der Waals surface area (Å²) in [7, 11) is -2.62. The van der Waals surface area contributed by atoms with Gasteiger partial charge in [-0.25, -0.2) is 13.2 Å². The second-order valence-electron chi connectivity index (χ2n) is 8.22. The number of methoxy groups -OCH3 is 1. The minimum Gasteiger partial charge on any atom is -0.489 e. The molecule has 180 valence electrons. The van der Waals surface area contributed by atoms with Gasteiger partial charge in [0, 0.05) is 6.54 Å². The van der Waals surface area contributed by atoms with Gasteiger partial charge in [-0.15, -0.1) is 0 Å². The van der Waals surface area contributed by atoms with E-state index in [1.165, 1.54) is 28.6 Å². The molecule has 7 heteroatoms. The number of anilines is 1. The van der Waals surface area contributed by atoms with Crippen LogP contribution in [-0.4, -0.2) is 28.0 Å². The molecular weight excluding hydrogens is 450 g/mol. The van der Waals surface area contributed by atoms with E-state index in [0.29, 0.717) is 29.2 Å². The predicted molar refractivity (Wildman–Crippen MR) is 134 cm³/mol. The Balaban J connectivity index is 1.86. The average molecular weight is 482 g/mol. The number of rotatable bonds is 8. The maximum atomic E-state index is 13.5. The Morgan fingerprint density at radius 2 is 1.59 bits per heavy atom. The number of nitrogens with zero attached hydrogens (tertiary/aromatic N) is 1. The molecule has 0 spiro atoms. The van der Waals surface area contributed by atoms with E-state index in [4.69, 9.17) is 9.47 Å². The molecule has 0 aromatic heterocycles. The minimum absolute atomic E-state index is 0.0492. The number of carbonyl (C=O) groups excluding carboxylic acids is 1. The highest BCUT2D eigenvalue weighted by Gasteiger charge is 2.26. The minimum atomic E-state index is -3.90. The fourth-order valence-electron chi connectivity index (χ4n) is 3.75. The highest BCUT2D eigenvalue weighted by atomic mass is 32.2. The number of sulfonamides is 1. The van der Waals surface area contributed by atoms with E-state index in [1.54, 1.807) is 51.1 Å². The molecule has 3 aromatic carbocycles. The smallest absolute Gasteiger partial charge is 0.338 e. The molecule has 0 saturated carbocycles. The van der Waals surface area contributed by atoms with Gasteiger partial charge in [0.15, 0.2) is 0 Å². The Kier molecular flexibility index (Phi) is 7.67. The first-order chi connectivity index (χ1) is 16.1. The van der Waals surface area contributed by atoms with Crippen LogP contribution in [0.3, 0.4) is 0 Å². The van der Waals surface area contributed by atoms with Gasteiger partial charge in [-0.3, -0.25) is 4.31 Å². The first-order valence-electron chi connectivity index (χ1n) is 11.1. The molecule has 0 atom stereocenters. The van der Waals surface area contributed by atoms with Crippen LogP contribution in [-0.2, 0) is 21.4 Å². The van der Waals surface area contributed by atoms with E-state index >= 15 is 0 Å². The number of ether oxygens (including phenoxy) is 2. The van der Waals surface area contributed by atoms with Gasteiger partial charge >= 0.3 is 5.97 Å². The van der Waals surface area contributed by atoms with Gasteiger partial charge in [-0.05, 0) is 98.8 Å². The topological polar surface area (TPSA) is 72.9 Å². The van der Waals surface area contributed by atoms with Gasteiger partial charge in [-0.2, -0.15) is 0 Å². The number of hydrogen-bond donors (Lipinski definition) is 0. The van der Waals surface area contributed by atoms with Crippen molar-refractivity contribution in [3.05, 3.63) is 88.0 Å².